The summed E-state index contributed by atoms with van der Waals surface area (Å²) in [5.41, 5.74) is 1.17. The zero-order chi connectivity index (χ0) is 13.2. The summed E-state index contributed by atoms with van der Waals surface area (Å²) < 4.78 is 5.89. The molecule has 19 heavy (non-hydrogen) atoms. The van der Waals surface area contributed by atoms with Crippen molar-refractivity contribution >= 4 is 16.5 Å². The highest BCUT2D eigenvalue weighted by Gasteiger charge is 2.25. The number of fused-ring (bicyclic) bond motifs is 3. The van der Waals surface area contributed by atoms with Crippen LogP contribution in [0.25, 0.3) is 10.8 Å². The highest BCUT2D eigenvalue weighted by atomic mass is 16.5. The third kappa shape index (κ3) is 2.15. The zero-order valence-corrected chi connectivity index (χ0v) is 11.2. The molecule has 1 aliphatic rings. The average molecular weight is 257 g/mol. The minimum absolute atomic E-state index is 0.243. The molecule has 1 aliphatic heterocycles. The fourth-order valence-corrected chi connectivity index (χ4v) is 2.80. The van der Waals surface area contributed by atoms with Gasteiger partial charge in [-0.1, -0.05) is 30.3 Å². The van der Waals surface area contributed by atoms with Crippen LogP contribution in [0.4, 0.5) is 5.69 Å². The Morgan fingerprint density at radius 1 is 1.26 bits per heavy atom. The molecule has 0 amide bonds. The Hall–Kier alpha value is -1.74. The standard InChI is InChI=1S/C16H19NO2/c1-17-13(6-4-10-18)11-19-15-9-8-12-5-2-3-7-14(12)16(15)17/h2-3,5,7-9,13,18H,4,6,10-11H2,1H3. The molecule has 0 bridgehead atoms. The zero-order valence-electron chi connectivity index (χ0n) is 11.2. The van der Waals surface area contributed by atoms with Gasteiger partial charge in [0, 0.05) is 19.0 Å². The van der Waals surface area contributed by atoms with Gasteiger partial charge in [0.1, 0.15) is 12.4 Å². The van der Waals surface area contributed by atoms with E-state index >= 15 is 0 Å². The topological polar surface area (TPSA) is 32.7 Å². The van der Waals surface area contributed by atoms with E-state index in [1.165, 1.54) is 16.5 Å². The van der Waals surface area contributed by atoms with Crippen molar-refractivity contribution in [3.8, 4) is 5.75 Å². The van der Waals surface area contributed by atoms with Gasteiger partial charge >= 0.3 is 0 Å². The Balaban J connectivity index is 2.03. The Labute approximate surface area is 113 Å². The largest absolute Gasteiger partial charge is 0.489 e. The molecule has 3 rings (SSSR count). The molecule has 0 saturated heterocycles. The van der Waals surface area contributed by atoms with Crippen LogP contribution in [0.1, 0.15) is 12.8 Å². The lowest BCUT2D eigenvalue weighted by molar-refractivity contribution is 0.237. The van der Waals surface area contributed by atoms with Crippen LogP contribution in [0.15, 0.2) is 36.4 Å². The molecule has 0 radical (unpaired) electrons. The number of nitrogens with zero attached hydrogens (tertiary/aromatic N) is 1. The molecular weight excluding hydrogens is 238 g/mol. The number of aliphatic hydroxyl groups is 1. The van der Waals surface area contributed by atoms with Gasteiger partial charge in [-0.2, -0.15) is 0 Å². The van der Waals surface area contributed by atoms with Crippen molar-refractivity contribution in [3.05, 3.63) is 36.4 Å². The van der Waals surface area contributed by atoms with E-state index in [4.69, 9.17) is 9.84 Å². The SMILES string of the molecule is CN1c2c(ccc3ccccc23)OCC1CCCO. The summed E-state index contributed by atoms with van der Waals surface area (Å²) in [6, 6.07) is 12.9. The minimum Gasteiger partial charge on any atom is -0.489 e. The molecule has 0 spiro atoms. The number of hydrogen-bond donors (Lipinski definition) is 1. The quantitative estimate of drug-likeness (QED) is 0.917. The lowest BCUT2D eigenvalue weighted by Gasteiger charge is -2.36. The van der Waals surface area contributed by atoms with Crippen LogP contribution in [0.5, 0.6) is 5.75 Å². The van der Waals surface area contributed by atoms with E-state index in [0.29, 0.717) is 12.6 Å². The second-order valence-corrected chi connectivity index (χ2v) is 5.08. The van der Waals surface area contributed by atoms with Crippen LogP contribution < -0.4 is 9.64 Å². The second kappa shape index (κ2) is 5.10. The van der Waals surface area contributed by atoms with Crippen molar-refractivity contribution in [3.63, 3.8) is 0 Å². The van der Waals surface area contributed by atoms with Crippen LogP contribution in [0, 0.1) is 0 Å². The molecule has 0 fully saturated rings. The summed E-state index contributed by atoms with van der Waals surface area (Å²) in [6.07, 6.45) is 1.77. The normalized spacial score (nSPS) is 18.2. The van der Waals surface area contributed by atoms with Crippen molar-refractivity contribution in [2.75, 3.05) is 25.2 Å². The summed E-state index contributed by atoms with van der Waals surface area (Å²) in [5, 5.41) is 11.5. The van der Waals surface area contributed by atoms with E-state index in [0.717, 1.165) is 18.6 Å². The molecular formula is C16H19NO2. The Morgan fingerprint density at radius 3 is 2.95 bits per heavy atom. The number of ether oxygens (including phenoxy) is 1. The number of benzene rings is 2. The van der Waals surface area contributed by atoms with Gasteiger partial charge in [-0.15, -0.1) is 0 Å². The van der Waals surface area contributed by atoms with Gasteiger partial charge in [0.15, 0.2) is 0 Å². The van der Waals surface area contributed by atoms with Gasteiger partial charge in [0.25, 0.3) is 0 Å². The molecule has 0 aromatic heterocycles. The summed E-state index contributed by atoms with van der Waals surface area (Å²) in [5.74, 6) is 0.960. The summed E-state index contributed by atoms with van der Waals surface area (Å²) >= 11 is 0. The average Bonchev–Trinajstić information content (AvgIpc) is 2.46. The first-order chi connectivity index (χ1) is 9.31. The van der Waals surface area contributed by atoms with Crippen molar-refractivity contribution in [2.24, 2.45) is 0 Å². The van der Waals surface area contributed by atoms with E-state index < -0.39 is 0 Å². The van der Waals surface area contributed by atoms with Gasteiger partial charge in [-0.25, -0.2) is 0 Å². The Bertz CT molecular complexity index is 582. The maximum Gasteiger partial charge on any atom is 0.143 e. The van der Waals surface area contributed by atoms with Crippen LogP contribution in [0.2, 0.25) is 0 Å². The molecule has 3 heteroatoms. The first-order valence-corrected chi connectivity index (χ1v) is 6.79. The molecule has 100 valence electrons. The fraction of sp³-hybridized carbons (Fsp3) is 0.375. The molecule has 1 heterocycles. The van der Waals surface area contributed by atoms with Gasteiger partial charge in [0.2, 0.25) is 0 Å². The molecule has 1 atom stereocenters. The lowest BCUT2D eigenvalue weighted by Crippen LogP contribution is -2.40. The van der Waals surface area contributed by atoms with Gasteiger partial charge in [-0.3, -0.25) is 0 Å². The molecule has 1 unspecified atom stereocenters. The van der Waals surface area contributed by atoms with Crippen LogP contribution in [0.3, 0.4) is 0 Å². The van der Waals surface area contributed by atoms with Gasteiger partial charge in [-0.05, 0) is 24.3 Å². The summed E-state index contributed by atoms with van der Waals surface area (Å²) in [4.78, 5) is 2.30. The third-order valence-corrected chi connectivity index (χ3v) is 3.89. The van der Waals surface area contributed by atoms with Gasteiger partial charge in [0.05, 0.1) is 11.7 Å². The molecule has 0 aliphatic carbocycles. The molecule has 3 nitrogen and oxygen atoms in total. The van der Waals surface area contributed by atoms with Crippen molar-refractivity contribution in [2.45, 2.75) is 18.9 Å². The predicted molar refractivity (Wildman–Crippen MR) is 78.0 cm³/mol. The smallest absolute Gasteiger partial charge is 0.143 e. The predicted octanol–water partition coefficient (Wildman–Crippen LogP) is 2.81. The maximum absolute atomic E-state index is 8.99. The first-order valence-electron chi connectivity index (χ1n) is 6.79. The number of hydrogen-bond acceptors (Lipinski definition) is 3. The number of rotatable bonds is 3. The monoisotopic (exact) mass is 257 g/mol. The molecule has 1 N–H and O–H groups in total. The maximum atomic E-state index is 8.99. The van der Waals surface area contributed by atoms with Crippen LogP contribution in [-0.2, 0) is 0 Å². The van der Waals surface area contributed by atoms with E-state index in [9.17, 15) is 0 Å². The lowest BCUT2D eigenvalue weighted by atomic mass is 10.0. The summed E-state index contributed by atoms with van der Waals surface area (Å²) in [7, 11) is 2.12. The fourth-order valence-electron chi connectivity index (χ4n) is 2.80. The number of anilines is 1. The summed E-state index contributed by atoms with van der Waals surface area (Å²) in [6.45, 7) is 0.939. The Kier molecular flexibility index (Phi) is 3.30. The second-order valence-electron chi connectivity index (χ2n) is 5.08. The number of likely N-dealkylation sites (N-methyl/N-ethyl adjacent to an activating group) is 1. The highest BCUT2D eigenvalue weighted by Crippen LogP contribution is 2.39. The third-order valence-electron chi connectivity index (χ3n) is 3.89. The van der Waals surface area contributed by atoms with Crippen LogP contribution in [-0.4, -0.2) is 31.4 Å². The first kappa shape index (κ1) is 12.3. The van der Waals surface area contributed by atoms with Gasteiger partial charge < -0.3 is 14.7 Å². The van der Waals surface area contributed by atoms with Crippen molar-refractivity contribution in [1.29, 1.82) is 0 Å². The van der Waals surface area contributed by atoms with Crippen molar-refractivity contribution < 1.29 is 9.84 Å². The molecule has 0 saturated carbocycles. The van der Waals surface area contributed by atoms with E-state index in [1.807, 2.05) is 0 Å². The van der Waals surface area contributed by atoms with Crippen molar-refractivity contribution in [1.82, 2.24) is 0 Å². The molecule has 2 aromatic carbocycles. The van der Waals surface area contributed by atoms with E-state index in [-0.39, 0.29) is 6.61 Å². The minimum atomic E-state index is 0.243. The molecule has 2 aromatic rings. The Morgan fingerprint density at radius 2 is 2.11 bits per heavy atom. The van der Waals surface area contributed by atoms with E-state index in [2.05, 4.69) is 48.3 Å². The number of aliphatic hydroxyl groups excluding tert-OH is 1. The van der Waals surface area contributed by atoms with Crippen LogP contribution >= 0.6 is 0 Å². The highest BCUT2D eigenvalue weighted by molar-refractivity contribution is 5.97. The van der Waals surface area contributed by atoms with E-state index in [1.54, 1.807) is 0 Å².